The number of carbonyl (C=O) groups is 1. The van der Waals surface area contributed by atoms with Gasteiger partial charge in [0.2, 0.25) is 15.9 Å². The van der Waals surface area contributed by atoms with Gasteiger partial charge in [-0.3, -0.25) is 4.79 Å². The van der Waals surface area contributed by atoms with Crippen LogP contribution in [0.4, 0.5) is 4.39 Å². The molecule has 0 aliphatic carbocycles. The fraction of sp³-hybridized carbons (Fsp3) is 0.235. The van der Waals surface area contributed by atoms with E-state index in [4.69, 9.17) is 0 Å². The molecule has 7 heteroatoms. The number of halogens is 1. The fourth-order valence-electron chi connectivity index (χ4n) is 2.80. The lowest BCUT2D eigenvalue weighted by Crippen LogP contribution is -2.52. The average molecular weight is 348 g/mol. The Morgan fingerprint density at radius 1 is 1.17 bits per heavy atom. The summed E-state index contributed by atoms with van der Waals surface area (Å²) in [6.45, 7) is 2.27. The minimum Gasteiger partial charge on any atom is -0.353 e. The van der Waals surface area contributed by atoms with Crippen LogP contribution in [0.2, 0.25) is 0 Å². The zero-order chi connectivity index (χ0) is 17.3. The molecule has 24 heavy (non-hydrogen) atoms. The zero-order valence-corrected chi connectivity index (χ0v) is 13.9. The van der Waals surface area contributed by atoms with Gasteiger partial charge in [0.1, 0.15) is 11.9 Å². The molecule has 1 unspecified atom stereocenters. The Morgan fingerprint density at radius 2 is 1.88 bits per heavy atom. The first-order valence-electron chi connectivity index (χ1n) is 7.51. The standard InChI is InChI=1S/C17H17FN2O3S/c1-12-3-2-4-13(11-12)16-17(21)19-9-10-20(16)24(22,23)15-7-5-14(18)6-8-15/h2-8,11,16H,9-10H2,1H3,(H,19,21). The Hall–Kier alpha value is -2.25. The SMILES string of the molecule is Cc1cccc(C2C(=O)NCCN2S(=O)(=O)c2ccc(F)cc2)c1. The van der Waals surface area contributed by atoms with E-state index in [-0.39, 0.29) is 23.9 Å². The fourth-order valence-corrected chi connectivity index (χ4v) is 4.38. The quantitative estimate of drug-likeness (QED) is 0.923. The van der Waals surface area contributed by atoms with E-state index >= 15 is 0 Å². The monoisotopic (exact) mass is 348 g/mol. The summed E-state index contributed by atoms with van der Waals surface area (Å²) in [5, 5.41) is 2.71. The van der Waals surface area contributed by atoms with Gasteiger partial charge in [0.15, 0.2) is 0 Å². The molecule has 0 saturated carbocycles. The summed E-state index contributed by atoms with van der Waals surface area (Å²) in [5.41, 5.74) is 1.54. The first kappa shape index (κ1) is 16.6. The van der Waals surface area contributed by atoms with Gasteiger partial charge in [-0.1, -0.05) is 29.8 Å². The minimum atomic E-state index is -3.92. The van der Waals surface area contributed by atoms with E-state index in [0.29, 0.717) is 5.56 Å². The first-order valence-corrected chi connectivity index (χ1v) is 8.95. The Kier molecular flexibility index (Phi) is 4.38. The average Bonchev–Trinajstić information content (AvgIpc) is 2.55. The number of rotatable bonds is 3. The molecule has 126 valence electrons. The Morgan fingerprint density at radius 3 is 2.54 bits per heavy atom. The van der Waals surface area contributed by atoms with Crippen LogP contribution < -0.4 is 5.32 Å². The van der Waals surface area contributed by atoms with Crippen LogP contribution in [-0.2, 0) is 14.8 Å². The van der Waals surface area contributed by atoms with Crippen molar-refractivity contribution in [3.8, 4) is 0 Å². The van der Waals surface area contributed by atoms with Crippen LogP contribution in [0.3, 0.4) is 0 Å². The van der Waals surface area contributed by atoms with Gasteiger partial charge in [0.25, 0.3) is 0 Å². The lowest BCUT2D eigenvalue weighted by Gasteiger charge is -2.34. The van der Waals surface area contributed by atoms with Crippen LogP contribution in [0.1, 0.15) is 17.2 Å². The molecule has 1 aliphatic heterocycles. The van der Waals surface area contributed by atoms with E-state index in [1.807, 2.05) is 13.0 Å². The molecule has 5 nitrogen and oxygen atoms in total. The van der Waals surface area contributed by atoms with Gasteiger partial charge in [-0.2, -0.15) is 4.31 Å². The Bertz CT molecular complexity index is 866. The van der Waals surface area contributed by atoms with Crippen molar-refractivity contribution >= 4 is 15.9 Å². The van der Waals surface area contributed by atoms with Crippen molar-refractivity contribution in [1.29, 1.82) is 0 Å². The summed E-state index contributed by atoms with van der Waals surface area (Å²) in [6.07, 6.45) is 0. The maximum atomic E-state index is 13.1. The number of amides is 1. The van der Waals surface area contributed by atoms with Gasteiger partial charge in [0, 0.05) is 13.1 Å². The zero-order valence-electron chi connectivity index (χ0n) is 13.1. The molecular weight excluding hydrogens is 331 g/mol. The predicted molar refractivity (Wildman–Crippen MR) is 87.2 cm³/mol. The number of hydrogen-bond donors (Lipinski definition) is 1. The topological polar surface area (TPSA) is 66.5 Å². The number of aryl methyl sites for hydroxylation is 1. The van der Waals surface area contributed by atoms with Crippen LogP contribution in [-0.4, -0.2) is 31.7 Å². The lowest BCUT2D eigenvalue weighted by atomic mass is 10.0. The molecule has 0 spiro atoms. The van der Waals surface area contributed by atoms with E-state index in [1.165, 1.54) is 16.4 Å². The molecule has 1 aliphatic rings. The second kappa shape index (κ2) is 6.33. The summed E-state index contributed by atoms with van der Waals surface area (Å²) in [5.74, 6) is -0.877. The number of sulfonamides is 1. The molecule has 1 saturated heterocycles. The molecule has 0 radical (unpaired) electrons. The third-order valence-corrected chi connectivity index (χ3v) is 5.82. The molecule has 2 aromatic carbocycles. The molecule has 3 rings (SSSR count). The first-order chi connectivity index (χ1) is 11.4. The minimum absolute atomic E-state index is 0.0312. The van der Waals surface area contributed by atoms with Crippen molar-refractivity contribution < 1.29 is 17.6 Å². The van der Waals surface area contributed by atoms with Gasteiger partial charge in [0.05, 0.1) is 4.90 Å². The summed E-state index contributed by atoms with van der Waals surface area (Å²) < 4.78 is 40.1. The molecule has 1 amide bonds. The number of piperazine rings is 1. The van der Waals surface area contributed by atoms with Crippen molar-refractivity contribution in [1.82, 2.24) is 9.62 Å². The van der Waals surface area contributed by atoms with Crippen LogP contribution in [0.25, 0.3) is 0 Å². The highest BCUT2D eigenvalue weighted by Gasteiger charge is 2.39. The second-order valence-corrected chi connectivity index (χ2v) is 7.57. The summed E-state index contributed by atoms with van der Waals surface area (Å²) in [7, 11) is -3.92. The maximum Gasteiger partial charge on any atom is 0.244 e. The Balaban J connectivity index is 2.06. The van der Waals surface area contributed by atoms with E-state index in [2.05, 4.69) is 5.32 Å². The van der Waals surface area contributed by atoms with Crippen molar-refractivity contribution in [2.75, 3.05) is 13.1 Å². The van der Waals surface area contributed by atoms with Gasteiger partial charge < -0.3 is 5.32 Å². The third-order valence-electron chi connectivity index (χ3n) is 3.95. The lowest BCUT2D eigenvalue weighted by molar-refractivity contribution is -0.126. The molecular formula is C17H17FN2O3S. The van der Waals surface area contributed by atoms with E-state index in [1.54, 1.807) is 18.2 Å². The predicted octanol–water partition coefficient (Wildman–Crippen LogP) is 2.00. The smallest absolute Gasteiger partial charge is 0.244 e. The molecule has 1 heterocycles. The maximum absolute atomic E-state index is 13.1. The highest BCUT2D eigenvalue weighted by molar-refractivity contribution is 7.89. The van der Waals surface area contributed by atoms with E-state index < -0.39 is 21.9 Å². The number of hydrogen-bond acceptors (Lipinski definition) is 3. The number of nitrogens with zero attached hydrogens (tertiary/aromatic N) is 1. The number of carbonyl (C=O) groups excluding carboxylic acids is 1. The van der Waals surface area contributed by atoms with Crippen molar-refractivity contribution in [2.24, 2.45) is 0 Å². The van der Waals surface area contributed by atoms with Gasteiger partial charge >= 0.3 is 0 Å². The van der Waals surface area contributed by atoms with Crippen molar-refractivity contribution in [2.45, 2.75) is 17.9 Å². The van der Waals surface area contributed by atoms with Gasteiger partial charge in [-0.15, -0.1) is 0 Å². The normalized spacial score (nSPS) is 19.1. The van der Waals surface area contributed by atoms with Crippen molar-refractivity contribution in [3.63, 3.8) is 0 Å². The van der Waals surface area contributed by atoms with Gasteiger partial charge in [-0.25, -0.2) is 12.8 Å². The van der Waals surface area contributed by atoms with Crippen LogP contribution in [0.5, 0.6) is 0 Å². The highest BCUT2D eigenvalue weighted by Crippen LogP contribution is 2.30. The molecule has 1 atom stereocenters. The number of nitrogens with one attached hydrogen (secondary N) is 1. The number of benzene rings is 2. The largest absolute Gasteiger partial charge is 0.353 e. The Labute approximate surface area is 140 Å². The second-order valence-electron chi connectivity index (χ2n) is 5.68. The van der Waals surface area contributed by atoms with E-state index in [0.717, 1.165) is 17.7 Å². The summed E-state index contributed by atoms with van der Waals surface area (Å²) in [4.78, 5) is 12.3. The van der Waals surface area contributed by atoms with Gasteiger partial charge in [-0.05, 0) is 36.8 Å². The van der Waals surface area contributed by atoms with Crippen molar-refractivity contribution in [3.05, 3.63) is 65.5 Å². The molecule has 0 bridgehead atoms. The molecule has 2 aromatic rings. The van der Waals surface area contributed by atoms with Crippen LogP contribution >= 0.6 is 0 Å². The molecule has 1 fully saturated rings. The summed E-state index contributed by atoms with van der Waals surface area (Å²) in [6, 6.07) is 10.9. The van der Waals surface area contributed by atoms with Crippen LogP contribution in [0.15, 0.2) is 53.4 Å². The van der Waals surface area contributed by atoms with Crippen LogP contribution in [0, 0.1) is 12.7 Å². The molecule has 1 N–H and O–H groups in total. The van der Waals surface area contributed by atoms with E-state index in [9.17, 15) is 17.6 Å². The molecule has 0 aromatic heterocycles. The highest BCUT2D eigenvalue weighted by atomic mass is 32.2. The third kappa shape index (κ3) is 3.05. The summed E-state index contributed by atoms with van der Waals surface area (Å²) >= 11 is 0.